The lowest BCUT2D eigenvalue weighted by Crippen LogP contribution is -2.46. The predicted molar refractivity (Wildman–Crippen MR) is 124 cm³/mol. The highest BCUT2D eigenvalue weighted by Crippen LogP contribution is 2.31. The van der Waals surface area contributed by atoms with Crippen molar-refractivity contribution in [3.05, 3.63) is 71.6 Å². The summed E-state index contributed by atoms with van der Waals surface area (Å²) in [6, 6.07) is 10.4. The van der Waals surface area contributed by atoms with E-state index in [1.165, 1.54) is 12.1 Å². The summed E-state index contributed by atoms with van der Waals surface area (Å²) in [6.45, 7) is 1.98. The third-order valence-corrected chi connectivity index (χ3v) is 8.14. The van der Waals surface area contributed by atoms with Crippen LogP contribution in [0.2, 0.25) is 0 Å². The van der Waals surface area contributed by atoms with Gasteiger partial charge in [0.2, 0.25) is 15.9 Å². The molecule has 0 radical (unpaired) electrons. The molecule has 4 rings (SSSR count). The summed E-state index contributed by atoms with van der Waals surface area (Å²) in [4.78, 5) is 27.1. The molecule has 2 aromatic carbocycles. The van der Waals surface area contributed by atoms with Crippen LogP contribution in [-0.2, 0) is 19.6 Å². The number of imide groups is 1. The van der Waals surface area contributed by atoms with Crippen LogP contribution in [0.3, 0.4) is 0 Å². The molecule has 0 aromatic heterocycles. The maximum atomic E-state index is 13.5. The van der Waals surface area contributed by atoms with E-state index < -0.39 is 33.7 Å². The molecule has 6 nitrogen and oxygen atoms in total. The zero-order chi connectivity index (χ0) is 23.6. The SMILES string of the molecule is Cc1ccc(N2C(=O)CC(N(CCC3=CCCCC3)S(=O)(=O)c3ccc(F)cc3)C2=O)cc1. The average Bonchev–Trinajstić information content (AvgIpc) is 3.09. The van der Waals surface area contributed by atoms with Crippen LogP contribution in [-0.4, -0.2) is 37.1 Å². The first kappa shape index (κ1) is 23.3. The molecule has 1 aliphatic carbocycles. The van der Waals surface area contributed by atoms with Crippen LogP contribution in [0, 0.1) is 12.7 Å². The Hall–Kier alpha value is -2.84. The zero-order valence-electron chi connectivity index (χ0n) is 18.5. The molecule has 0 saturated carbocycles. The van der Waals surface area contributed by atoms with E-state index in [4.69, 9.17) is 0 Å². The van der Waals surface area contributed by atoms with Gasteiger partial charge >= 0.3 is 0 Å². The first-order chi connectivity index (χ1) is 15.8. The lowest BCUT2D eigenvalue weighted by molar-refractivity contribution is -0.122. The van der Waals surface area contributed by atoms with Gasteiger partial charge in [-0.3, -0.25) is 9.59 Å². The van der Waals surface area contributed by atoms with Crippen LogP contribution in [0.1, 0.15) is 44.1 Å². The molecule has 1 atom stereocenters. The minimum Gasteiger partial charge on any atom is -0.274 e. The summed E-state index contributed by atoms with van der Waals surface area (Å²) in [5.74, 6) is -1.55. The molecular formula is C25H27FN2O4S. The van der Waals surface area contributed by atoms with Gasteiger partial charge in [-0.1, -0.05) is 29.3 Å². The number of anilines is 1. The van der Waals surface area contributed by atoms with E-state index in [0.29, 0.717) is 12.1 Å². The number of benzene rings is 2. The fourth-order valence-corrected chi connectivity index (χ4v) is 5.96. The van der Waals surface area contributed by atoms with Gasteiger partial charge in [-0.05, 0) is 75.4 Å². The molecule has 2 aromatic rings. The Morgan fingerprint density at radius 3 is 2.36 bits per heavy atom. The second-order valence-corrected chi connectivity index (χ2v) is 10.4. The highest BCUT2D eigenvalue weighted by Gasteiger charge is 2.46. The van der Waals surface area contributed by atoms with E-state index in [0.717, 1.165) is 58.2 Å². The minimum absolute atomic E-state index is 0.0803. The molecule has 1 heterocycles. The van der Waals surface area contributed by atoms with Gasteiger partial charge in [0, 0.05) is 6.54 Å². The maximum absolute atomic E-state index is 13.5. The molecule has 33 heavy (non-hydrogen) atoms. The van der Waals surface area contributed by atoms with Crippen molar-refractivity contribution in [1.29, 1.82) is 0 Å². The van der Waals surface area contributed by atoms with Crippen LogP contribution >= 0.6 is 0 Å². The first-order valence-corrected chi connectivity index (χ1v) is 12.6. The number of amides is 2. The van der Waals surface area contributed by atoms with Crippen LogP contribution in [0.15, 0.2) is 65.1 Å². The normalized spacial score (nSPS) is 19.3. The summed E-state index contributed by atoms with van der Waals surface area (Å²) < 4.78 is 41.6. The molecule has 1 unspecified atom stereocenters. The number of sulfonamides is 1. The molecule has 1 aliphatic heterocycles. The van der Waals surface area contributed by atoms with Crippen molar-refractivity contribution < 1.29 is 22.4 Å². The zero-order valence-corrected chi connectivity index (χ0v) is 19.4. The number of nitrogens with zero attached hydrogens (tertiary/aromatic N) is 2. The van der Waals surface area contributed by atoms with Gasteiger partial charge < -0.3 is 0 Å². The van der Waals surface area contributed by atoms with Crippen LogP contribution in [0.5, 0.6) is 0 Å². The number of carbonyl (C=O) groups excluding carboxylic acids is 2. The van der Waals surface area contributed by atoms with Gasteiger partial charge in [-0.2, -0.15) is 4.31 Å². The molecule has 0 bridgehead atoms. The molecule has 0 spiro atoms. The van der Waals surface area contributed by atoms with Crippen LogP contribution in [0.25, 0.3) is 0 Å². The van der Waals surface area contributed by atoms with Gasteiger partial charge in [-0.15, -0.1) is 0 Å². The van der Waals surface area contributed by atoms with Crippen molar-refractivity contribution in [2.24, 2.45) is 0 Å². The van der Waals surface area contributed by atoms with E-state index in [1.54, 1.807) is 24.3 Å². The van der Waals surface area contributed by atoms with Gasteiger partial charge in [0.15, 0.2) is 0 Å². The largest absolute Gasteiger partial charge is 0.274 e. The number of carbonyl (C=O) groups is 2. The van der Waals surface area contributed by atoms with E-state index in [9.17, 15) is 22.4 Å². The Bertz CT molecular complexity index is 1170. The van der Waals surface area contributed by atoms with Gasteiger partial charge in [-0.25, -0.2) is 17.7 Å². The van der Waals surface area contributed by atoms with Gasteiger partial charge in [0.05, 0.1) is 17.0 Å². The maximum Gasteiger partial charge on any atom is 0.252 e. The number of hydrogen-bond donors (Lipinski definition) is 0. The highest BCUT2D eigenvalue weighted by molar-refractivity contribution is 7.89. The number of hydrogen-bond acceptors (Lipinski definition) is 4. The van der Waals surface area contributed by atoms with E-state index in [1.807, 2.05) is 6.92 Å². The molecular weight excluding hydrogens is 443 g/mol. The van der Waals surface area contributed by atoms with Crippen molar-refractivity contribution in [3.8, 4) is 0 Å². The first-order valence-electron chi connectivity index (χ1n) is 11.2. The van der Waals surface area contributed by atoms with Crippen molar-refractivity contribution in [1.82, 2.24) is 4.31 Å². The predicted octanol–water partition coefficient (Wildman–Crippen LogP) is 4.35. The number of rotatable bonds is 7. The minimum atomic E-state index is -4.13. The lowest BCUT2D eigenvalue weighted by atomic mass is 9.97. The average molecular weight is 471 g/mol. The van der Waals surface area contributed by atoms with Crippen molar-refractivity contribution in [2.75, 3.05) is 11.4 Å². The molecule has 0 N–H and O–H groups in total. The second kappa shape index (κ2) is 9.57. The second-order valence-electron chi connectivity index (χ2n) is 8.55. The Morgan fingerprint density at radius 2 is 1.73 bits per heavy atom. The fourth-order valence-electron chi connectivity index (χ4n) is 4.38. The molecule has 8 heteroatoms. The summed E-state index contributed by atoms with van der Waals surface area (Å²) in [6.07, 6.45) is 6.42. The molecule has 1 fully saturated rings. The monoisotopic (exact) mass is 470 g/mol. The molecule has 2 amide bonds. The Labute approximate surface area is 193 Å². The number of halogens is 1. The molecule has 174 valence electrons. The quantitative estimate of drug-likeness (QED) is 0.446. The fraction of sp³-hybridized carbons (Fsp3) is 0.360. The van der Waals surface area contributed by atoms with Crippen LogP contribution in [0.4, 0.5) is 10.1 Å². The number of aryl methyl sites for hydroxylation is 1. The Morgan fingerprint density at radius 1 is 1.03 bits per heavy atom. The third-order valence-electron chi connectivity index (χ3n) is 6.22. The number of allylic oxidation sites excluding steroid dienone is 1. The summed E-state index contributed by atoms with van der Waals surface area (Å²) in [5.41, 5.74) is 2.57. The molecule has 1 saturated heterocycles. The Kier molecular flexibility index (Phi) is 6.76. The van der Waals surface area contributed by atoms with E-state index in [2.05, 4.69) is 6.08 Å². The topological polar surface area (TPSA) is 74.8 Å². The van der Waals surface area contributed by atoms with E-state index in [-0.39, 0.29) is 17.9 Å². The molecule has 2 aliphatic rings. The van der Waals surface area contributed by atoms with Gasteiger partial charge in [0.25, 0.3) is 5.91 Å². The van der Waals surface area contributed by atoms with Crippen LogP contribution < -0.4 is 4.90 Å². The van der Waals surface area contributed by atoms with Crippen molar-refractivity contribution in [3.63, 3.8) is 0 Å². The van der Waals surface area contributed by atoms with Crippen molar-refractivity contribution >= 4 is 27.5 Å². The van der Waals surface area contributed by atoms with Gasteiger partial charge in [0.1, 0.15) is 11.9 Å². The Balaban J connectivity index is 1.67. The smallest absolute Gasteiger partial charge is 0.252 e. The third kappa shape index (κ3) is 4.91. The highest BCUT2D eigenvalue weighted by atomic mass is 32.2. The summed E-state index contributed by atoms with van der Waals surface area (Å²) in [5, 5.41) is 0. The van der Waals surface area contributed by atoms with Crippen molar-refractivity contribution in [2.45, 2.75) is 56.4 Å². The van der Waals surface area contributed by atoms with E-state index >= 15 is 0 Å². The summed E-state index contributed by atoms with van der Waals surface area (Å²) in [7, 11) is -4.13. The standard InChI is InChI=1S/C25H27FN2O4S/c1-18-7-11-21(12-8-18)28-24(29)17-23(25(28)30)27(16-15-19-5-3-2-4-6-19)33(31,32)22-13-9-20(26)10-14-22/h5,7-14,23H,2-4,6,15-17H2,1H3. The summed E-state index contributed by atoms with van der Waals surface area (Å²) >= 11 is 0. The lowest BCUT2D eigenvalue weighted by Gasteiger charge is -2.27.